The summed E-state index contributed by atoms with van der Waals surface area (Å²) in [7, 11) is 1.54. The van der Waals surface area contributed by atoms with E-state index in [2.05, 4.69) is 0 Å². The van der Waals surface area contributed by atoms with E-state index in [1.807, 2.05) is 30.3 Å². The highest BCUT2D eigenvalue weighted by Crippen LogP contribution is 2.03. The zero-order valence-corrected chi connectivity index (χ0v) is 11.3. The van der Waals surface area contributed by atoms with E-state index in [-0.39, 0.29) is 18.4 Å². The van der Waals surface area contributed by atoms with Crippen LogP contribution in [0.4, 0.5) is 0 Å². The van der Waals surface area contributed by atoms with Crippen molar-refractivity contribution in [2.45, 2.75) is 13.3 Å². The van der Waals surface area contributed by atoms with Crippen molar-refractivity contribution in [2.75, 3.05) is 20.3 Å². The Morgan fingerprint density at radius 2 is 1.95 bits per heavy atom. The monoisotopic (exact) mass is 261 g/mol. The molecule has 4 heteroatoms. The lowest BCUT2D eigenvalue weighted by Crippen LogP contribution is -2.37. The van der Waals surface area contributed by atoms with Gasteiger partial charge in [-0.3, -0.25) is 14.5 Å². The fourth-order valence-electron chi connectivity index (χ4n) is 1.55. The van der Waals surface area contributed by atoms with Crippen LogP contribution in [0.15, 0.2) is 36.4 Å². The Bertz CT molecular complexity index is 440. The van der Waals surface area contributed by atoms with Crippen LogP contribution in [-0.2, 0) is 14.3 Å². The average molecular weight is 261 g/mol. The first-order chi connectivity index (χ1) is 9.19. The summed E-state index contributed by atoms with van der Waals surface area (Å²) >= 11 is 0. The molecule has 0 atom stereocenters. The molecule has 4 nitrogen and oxygen atoms in total. The van der Waals surface area contributed by atoms with Crippen molar-refractivity contribution in [1.82, 2.24) is 4.90 Å². The molecule has 0 saturated heterocycles. The van der Waals surface area contributed by atoms with Gasteiger partial charge in [-0.15, -0.1) is 0 Å². The normalized spacial score (nSPS) is 10.6. The molecule has 0 saturated carbocycles. The van der Waals surface area contributed by atoms with Crippen molar-refractivity contribution < 1.29 is 14.3 Å². The van der Waals surface area contributed by atoms with E-state index in [0.717, 1.165) is 5.56 Å². The fraction of sp³-hybridized carbons (Fsp3) is 0.333. The third kappa shape index (κ3) is 5.06. The molecule has 0 aliphatic rings. The molecule has 1 aromatic carbocycles. The zero-order chi connectivity index (χ0) is 14.1. The zero-order valence-electron chi connectivity index (χ0n) is 11.3. The van der Waals surface area contributed by atoms with Gasteiger partial charge in [-0.2, -0.15) is 0 Å². The molecule has 1 aromatic rings. The number of rotatable bonds is 6. The number of nitrogens with zero attached hydrogens (tertiary/aromatic N) is 1. The maximum absolute atomic E-state index is 12.0. The number of benzene rings is 1. The highest BCUT2D eigenvalue weighted by Gasteiger charge is 2.16. The fourth-order valence-corrected chi connectivity index (χ4v) is 1.55. The third-order valence-electron chi connectivity index (χ3n) is 2.61. The molecule has 0 unspecified atom stereocenters. The van der Waals surface area contributed by atoms with Crippen molar-refractivity contribution >= 4 is 17.9 Å². The van der Waals surface area contributed by atoms with Gasteiger partial charge in [0.15, 0.2) is 0 Å². The molecule has 0 aromatic heterocycles. The van der Waals surface area contributed by atoms with Crippen molar-refractivity contribution in [1.29, 1.82) is 0 Å². The van der Waals surface area contributed by atoms with E-state index in [0.29, 0.717) is 13.0 Å². The standard InChI is InChI=1S/C15H19NO3/c1-3-14(17)16(11-12-19-2)15(18)10-9-13-7-5-4-6-8-13/h4-10H,3,11-12H2,1-2H3/b10-9+. The molecule has 19 heavy (non-hydrogen) atoms. The van der Waals surface area contributed by atoms with Gasteiger partial charge in [0.1, 0.15) is 0 Å². The van der Waals surface area contributed by atoms with Gasteiger partial charge in [-0.05, 0) is 11.6 Å². The van der Waals surface area contributed by atoms with E-state index in [9.17, 15) is 9.59 Å². The Labute approximate surface area is 113 Å². The summed E-state index contributed by atoms with van der Waals surface area (Å²) in [5.41, 5.74) is 0.923. The maximum Gasteiger partial charge on any atom is 0.253 e. The Morgan fingerprint density at radius 1 is 1.26 bits per heavy atom. The van der Waals surface area contributed by atoms with Gasteiger partial charge in [0.25, 0.3) is 5.91 Å². The molecule has 0 spiro atoms. The number of hydrogen-bond acceptors (Lipinski definition) is 3. The Balaban J connectivity index is 2.71. The number of carbonyl (C=O) groups is 2. The minimum Gasteiger partial charge on any atom is -0.383 e. The van der Waals surface area contributed by atoms with Crippen molar-refractivity contribution in [3.63, 3.8) is 0 Å². The molecule has 0 bridgehead atoms. The lowest BCUT2D eigenvalue weighted by molar-refractivity contribution is -0.142. The van der Waals surface area contributed by atoms with E-state index >= 15 is 0 Å². The molecule has 0 aliphatic carbocycles. The minimum atomic E-state index is -0.312. The van der Waals surface area contributed by atoms with Crippen molar-refractivity contribution in [3.8, 4) is 0 Å². The first-order valence-electron chi connectivity index (χ1n) is 6.25. The molecule has 102 valence electrons. The molecular formula is C15H19NO3. The van der Waals surface area contributed by atoms with Crippen LogP contribution in [0.1, 0.15) is 18.9 Å². The molecular weight excluding hydrogens is 242 g/mol. The second-order valence-electron chi connectivity index (χ2n) is 3.97. The second kappa shape index (κ2) is 8.21. The predicted molar refractivity (Wildman–Crippen MR) is 74.4 cm³/mol. The Morgan fingerprint density at radius 3 is 2.53 bits per heavy atom. The largest absolute Gasteiger partial charge is 0.383 e. The number of carbonyl (C=O) groups excluding carboxylic acids is 2. The maximum atomic E-state index is 12.0. The molecule has 0 heterocycles. The molecule has 0 aliphatic heterocycles. The predicted octanol–water partition coefficient (Wildman–Crippen LogP) is 2.11. The van der Waals surface area contributed by atoms with Crippen LogP contribution in [0.25, 0.3) is 6.08 Å². The van der Waals surface area contributed by atoms with Crippen LogP contribution >= 0.6 is 0 Å². The first-order valence-corrected chi connectivity index (χ1v) is 6.25. The first kappa shape index (κ1) is 15.1. The molecule has 0 radical (unpaired) electrons. The second-order valence-corrected chi connectivity index (χ2v) is 3.97. The summed E-state index contributed by atoms with van der Waals surface area (Å²) in [5.74, 6) is -0.507. The van der Waals surface area contributed by atoms with Crippen LogP contribution in [0.5, 0.6) is 0 Å². The quantitative estimate of drug-likeness (QED) is 0.737. The lowest BCUT2D eigenvalue weighted by Gasteiger charge is -2.17. The minimum absolute atomic E-state index is 0.195. The van der Waals surface area contributed by atoms with Crippen LogP contribution in [0.3, 0.4) is 0 Å². The average Bonchev–Trinajstić information content (AvgIpc) is 2.46. The summed E-state index contributed by atoms with van der Waals surface area (Å²) in [4.78, 5) is 24.9. The highest BCUT2D eigenvalue weighted by molar-refractivity contribution is 6.02. The van der Waals surface area contributed by atoms with Gasteiger partial charge < -0.3 is 4.74 Å². The SMILES string of the molecule is CCC(=O)N(CCOC)C(=O)/C=C/c1ccccc1. The topological polar surface area (TPSA) is 46.6 Å². The highest BCUT2D eigenvalue weighted by atomic mass is 16.5. The number of imide groups is 1. The summed E-state index contributed by atoms with van der Waals surface area (Å²) in [5, 5.41) is 0. The van der Waals surface area contributed by atoms with Crippen molar-refractivity contribution in [3.05, 3.63) is 42.0 Å². The van der Waals surface area contributed by atoms with Gasteiger partial charge >= 0.3 is 0 Å². The molecule has 0 N–H and O–H groups in total. The number of methoxy groups -OCH3 is 1. The van der Waals surface area contributed by atoms with Gasteiger partial charge in [0.2, 0.25) is 5.91 Å². The number of amides is 2. The van der Waals surface area contributed by atoms with E-state index in [1.165, 1.54) is 11.0 Å². The van der Waals surface area contributed by atoms with Crippen molar-refractivity contribution in [2.24, 2.45) is 0 Å². The summed E-state index contributed by atoms with van der Waals surface area (Å²) in [6.07, 6.45) is 3.41. The van der Waals surface area contributed by atoms with Gasteiger partial charge in [-0.1, -0.05) is 37.3 Å². The van der Waals surface area contributed by atoms with Crippen LogP contribution in [-0.4, -0.2) is 37.0 Å². The molecule has 2 amide bonds. The van der Waals surface area contributed by atoms with Crippen LogP contribution in [0, 0.1) is 0 Å². The number of hydrogen-bond donors (Lipinski definition) is 0. The van der Waals surface area contributed by atoms with Crippen LogP contribution < -0.4 is 0 Å². The van der Waals surface area contributed by atoms with Gasteiger partial charge in [0.05, 0.1) is 13.2 Å². The van der Waals surface area contributed by atoms with E-state index < -0.39 is 0 Å². The summed E-state index contributed by atoms with van der Waals surface area (Å²) < 4.78 is 4.91. The van der Waals surface area contributed by atoms with Crippen LogP contribution in [0.2, 0.25) is 0 Å². The van der Waals surface area contributed by atoms with E-state index in [1.54, 1.807) is 20.1 Å². The third-order valence-corrected chi connectivity index (χ3v) is 2.61. The Kier molecular flexibility index (Phi) is 6.53. The van der Waals surface area contributed by atoms with Gasteiger partial charge in [0, 0.05) is 19.6 Å². The van der Waals surface area contributed by atoms with E-state index in [4.69, 9.17) is 4.74 Å². The Hall–Kier alpha value is -1.94. The smallest absolute Gasteiger partial charge is 0.253 e. The summed E-state index contributed by atoms with van der Waals surface area (Å²) in [6, 6.07) is 9.48. The summed E-state index contributed by atoms with van der Waals surface area (Å²) in [6.45, 7) is 2.36. The molecule has 0 fully saturated rings. The lowest BCUT2D eigenvalue weighted by atomic mass is 10.2. The van der Waals surface area contributed by atoms with Gasteiger partial charge in [-0.25, -0.2) is 0 Å². The molecule has 1 rings (SSSR count). The number of ether oxygens (including phenoxy) is 1.